The molecule has 5 rings (SSSR count). The number of aryl methyl sites for hydroxylation is 1. The fourth-order valence-electron chi connectivity index (χ4n) is 4.68. The molecule has 2 atom stereocenters. The van der Waals surface area contributed by atoms with Crippen molar-refractivity contribution in [1.82, 2.24) is 15.3 Å². The molecular formula is C29H37N5O2. The molecule has 2 aromatic carbocycles. The zero-order valence-electron chi connectivity index (χ0n) is 21.8. The number of anilines is 1. The van der Waals surface area contributed by atoms with Crippen molar-refractivity contribution in [3.63, 3.8) is 0 Å². The molecule has 1 aliphatic carbocycles. The first-order chi connectivity index (χ1) is 17.5. The Balaban J connectivity index is 0.000000861. The minimum absolute atomic E-state index is 0.0393. The van der Waals surface area contributed by atoms with Gasteiger partial charge in [-0.15, -0.1) is 0 Å². The van der Waals surface area contributed by atoms with E-state index < -0.39 is 0 Å². The highest BCUT2D eigenvalue weighted by Crippen LogP contribution is 2.35. The second kappa shape index (κ2) is 12.5. The van der Waals surface area contributed by atoms with Crippen LogP contribution in [-0.2, 0) is 16.1 Å². The number of carbonyl (C=O) groups excluding carboxylic acids is 2. The Morgan fingerprint density at radius 3 is 2.50 bits per heavy atom. The quantitative estimate of drug-likeness (QED) is 0.635. The summed E-state index contributed by atoms with van der Waals surface area (Å²) < 4.78 is 0. The standard InChI is InChI=1S/C26H29N5O.C2H6.CH2O/c1-17-3-10-23(24(11-17)28-26(32)21-8-9-21)25-12-22-16-30(14-18(2)31(22)29-25)15-20-6-4-19(13-27)5-7-20;2*1-2/h3-7,10-12,18,21,25,29H,8-9,14-16H2,1-2H3,(H,28,32);1-2H3;1H2. The molecule has 2 unspecified atom stereocenters. The van der Waals surface area contributed by atoms with Gasteiger partial charge >= 0.3 is 0 Å². The molecule has 190 valence electrons. The van der Waals surface area contributed by atoms with Gasteiger partial charge in [0, 0.05) is 36.9 Å². The molecule has 1 saturated heterocycles. The number of hydrogen-bond acceptors (Lipinski definition) is 6. The second-order valence-corrected chi connectivity index (χ2v) is 9.32. The van der Waals surface area contributed by atoms with E-state index in [0.717, 1.165) is 49.3 Å². The molecule has 7 nitrogen and oxygen atoms in total. The van der Waals surface area contributed by atoms with Gasteiger partial charge < -0.3 is 15.1 Å². The van der Waals surface area contributed by atoms with Crippen LogP contribution in [0.3, 0.4) is 0 Å². The zero-order valence-corrected chi connectivity index (χ0v) is 21.8. The largest absolute Gasteiger partial charge is 0.326 e. The molecule has 2 N–H and O–H groups in total. The predicted octanol–water partition coefficient (Wildman–Crippen LogP) is 4.71. The number of piperazine rings is 1. The molecule has 36 heavy (non-hydrogen) atoms. The molecule has 0 spiro atoms. The summed E-state index contributed by atoms with van der Waals surface area (Å²) in [5, 5.41) is 14.5. The Morgan fingerprint density at radius 1 is 1.17 bits per heavy atom. The number of nitrogens with zero attached hydrogens (tertiary/aromatic N) is 3. The van der Waals surface area contributed by atoms with E-state index in [-0.39, 0.29) is 17.9 Å². The number of hydrogen-bond donors (Lipinski definition) is 2. The van der Waals surface area contributed by atoms with Crippen LogP contribution < -0.4 is 10.7 Å². The van der Waals surface area contributed by atoms with Gasteiger partial charge in [-0.25, -0.2) is 5.43 Å². The molecule has 2 aromatic rings. The Hall–Kier alpha value is -3.47. The van der Waals surface area contributed by atoms with E-state index in [1.807, 2.05) is 44.9 Å². The lowest BCUT2D eigenvalue weighted by molar-refractivity contribution is -0.117. The van der Waals surface area contributed by atoms with Crippen LogP contribution in [0.25, 0.3) is 0 Å². The number of nitriles is 1. The molecule has 7 heteroatoms. The van der Waals surface area contributed by atoms with Gasteiger partial charge in [-0.2, -0.15) is 5.26 Å². The summed E-state index contributed by atoms with van der Waals surface area (Å²) in [5.41, 5.74) is 10.0. The summed E-state index contributed by atoms with van der Waals surface area (Å²) in [5.74, 6) is 0.322. The number of benzene rings is 2. The number of hydrazine groups is 1. The Bertz CT molecular complexity index is 1120. The van der Waals surface area contributed by atoms with E-state index in [1.165, 1.54) is 11.3 Å². The molecule has 1 saturated carbocycles. The lowest BCUT2D eigenvalue weighted by Gasteiger charge is -2.40. The second-order valence-electron chi connectivity index (χ2n) is 9.32. The third-order valence-corrected chi connectivity index (χ3v) is 6.53. The van der Waals surface area contributed by atoms with E-state index in [2.05, 4.69) is 64.8 Å². The molecule has 2 aliphatic heterocycles. The van der Waals surface area contributed by atoms with Gasteiger partial charge in [-0.3, -0.25) is 9.69 Å². The number of rotatable bonds is 5. The van der Waals surface area contributed by atoms with Crippen LogP contribution in [0.15, 0.2) is 54.2 Å². The number of fused-ring (bicyclic) bond motifs is 1. The monoisotopic (exact) mass is 487 g/mol. The first-order valence-electron chi connectivity index (χ1n) is 12.7. The van der Waals surface area contributed by atoms with E-state index in [0.29, 0.717) is 11.6 Å². The molecule has 2 heterocycles. The smallest absolute Gasteiger partial charge is 0.227 e. The average molecular weight is 488 g/mol. The van der Waals surface area contributed by atoms with Crippen LogP contribution in [-0.4, -0.2) is 41.7 Å². The van der Waals surface area contributed by atoms with Gasteiger partial charge in [-0.05, 0) is 67.7 Å². The van der Waals surface area contributed by atoms with Gasteiger partial charge in [0.2, 0.25) is 5.91 Å². The van der Waals surface area contributed by atoms with E-state index in [1.54, 1.807) is 0 Å². The van der Waals surface area contributed by atoms with Crippen molar-refractivity contribution in [2.45, 2.75) is 59.2 Å². The van der Waals surface area contributed by atoms with Crippen molar-refractivity contribution in [2.24, 2.45) is 5.92 Å². The first kappa shape index (κ1) is 27.1. The van der Waals surface area contributed by atoms with Crippen LogP contribution >= 0.6 is 0 Å². The molecular weight excluding hydrogens is 450 g/mol. The average Bonchev–Trinajstić information content (AvgIpc) is 3.67. The van der Waals surface area contributed by atoms with Crippen molar-refractivity contribution >= 4 is 18.4 Å². The fraction of sp³-hybridized carbons (Fsp3) is 0.414. The van der Waals surface area contributed by atoms with Gasteiger partial charge in [0.05, 0.1) is 23.7 Å². The summed E-state index contributed by atoms with van der Waals surface area (Å²) in [6.45, 7) is 13.0. The van der Waals surface area contributed by atoms with Gasteiger partial charge in [0.1, 0.15) is 6.79 Å². The number of nitrogens with one attached hydrogen (secondary N) is 2. The topological polar surface area (TPSA) is 88.5 Å². The molecule has 0 aromatic heterocycles. The highest BCUT2D eigenvalue weighted by atomic mass is 16.2. The van der Waals surface area contributed by atoms with Crippen molar-refractivity contribution < 1.29 is 9.59 Å². The summed E-state index contributed by atoms with van der Waals surface area (Å²) in [6.07, 6.45) is 4.29. The maximum Gasteiger partial charge on any atom is 0.227 e. The fourth-order valence-corrected chi connectivity index (χ4v) is 4.68. The summed E-state index contributed by atoms with van der Waals surface area (Å²) in [4.78, 5) is 22.9. The van der Waals surface area contributed by atoms with Crippen LogP contribution in [0.4, 0.5) is 5.69 Å². The summed E-state index contributed by atoms with van der Waals surface area (Å²) >= 11 is 0. The maximum absolute atomic E-state index is 12.4. The lowest BCUT2D eigenvalue weighted by atomic mass is 10.0. The van der Waals surface area contributed by atoms with E-state index >= 15 is 0 Å². The molecule has 3 aliphatic rings. The summed E-state index contributed by atoms with van der Waals surface area (Å²) in [6, 6.07) is 16.7. The van der Waals surface area contributed by atoms with E-state index in [4.69, 9.17) is 10.1 Å². The molecule has 1 amide bonds. The Kier molecular flexibility index (Phi) is 9.40. The molecule has 0 radical (unpaired) electrons. The van der Waals surface area contributed by atoms with Gasteiger partial charge in [-0.1, -0.05) is 38.1 Å². The molecule has 2 fully saturated rings. The van der Waals surface area contributed by atoms with Crippen LogP contribution in [0, 0.1) is 24.2 Å². The molecule has 0 bridgehead atoms. The normalized spacial score (nSPS) is 20.5. The van der Waals surface area contributed by atoms with Gasteiger partial charge in [0.25, 0.3) is 0 Å². The van der Waals surface area contributed by atoms with Crippen molar-refractivity contribution in [2.75, 3.05) is 18.4 Å². The summed E-state index contributed by atoms with van der Waals surface area (Å²) in [7, 11) is 0. The number of carbonyl (C=O) groups is 2. The Labute approximate surface area is 214 Å². The highest BCUT2D eigenvalue weighted by molar-refractivity contribution is 5.95. The lowest BCUT2D eigenvalue weighted by Crippen LogP contribution is -2.52. The third kappa shape index (κ3) is 6.39. The van der Waals surface area contributed by atoms with Gasteiger partial charge in [0.15, 0.2) is 0 Å². The highest BCUT2D eigenvalue weighted by Gasteiger charge is 2.35. The minimum Gasteiger partial charge on any atom is -0.326 e. The van der Waals surface area contributed by atoms with Crippen LogP contribution in [0.2, 0.25) is 0 Å². The first-order valence-corrected chi connectivity index (χ1v) is 12.7. The van der Waals surface area contributed by atoms with E-state index in [9.17, 15) is 4.79 Å². The van der Waals surface area contributed by atoms with Crippen molar-refractivity contribution in [3.05, 3.63) is 76.5 Å². The number of amides is 1. The maximum atomic E-state index is 12.4. The Morgan fingerprint density at radius 2 is 1.86 bits per heavy atom. The SMILES string of the molecule is C=O.CC.Cc1ccc(C2C=C3CN(Cc4ccc(C#N)cc4)CC(C)N3N2)c(NC(=O)C2CC2)c1. The van der Waals surface area contributed by atoms with Crippen LogP contribution in [0.1, 0.15) is 61.9 Å². The van der Waals surface area contributed by atoms with Crippen molar-refractivity contribution in [1.29, 1.82) is 5.26 Å². The minimum atomic E-state index is 0.0393. The van der Waals surface area contributed by atoms with Crippen molar-refractivity contribution in [3.8, 4) is 6.07 Å². The van der Waals surface area contributed by atoms with Crippen LogP contribution in [0.5, 0.6) is 0 Å². The third-order valence-electron chi connectivity index (χ3n) is 6.53. The predicted molar refractivity (Wildman–Crippen MR) is 143 cm³/mol. The zero-order chi connectivity index (χ0) is 26.2.